The van der Waals surface area contributed by atoms with E-state index in [1.165, 1.54) is 0 Å². The van der Waals surface area contributed by atoms with Gasteiger partial charge < -0.3 is 5.32 Å². The molecular formula is C8H11NO. The summed E-state index contributed by atoms with van der Waals surface area (Å²) in [5, 5.41) is 2.84. The second-order valence-electron chi connectivity index (χ2n) is 2.49. The first-order chi connectivity index (χ1) is 4.79. The minimum atomic E-state index is 0.0497. The summed E-state index contributed by atoms with van der Waals surface area (Å²) in [7, 11) is 0. The Morgan fingerprint density at radius 2 is 2.40 bits per heavy atom. The van der Waals surface area contributed by atoms with Gasteiger partial charge >= 0.3 is 0 Å². The first-order valence-electron chi connectivity index (χ1n) is 3.52. The van der Waals surface area contributed by atoms with Crippen molar-refractivity contribution in [3.05, 3.63) is 0 Å². The van der Waals surface area contributed by atoms with Crippen LogP contribution in [0.15, 0.2) is 0 Å². The number of carbonyl (C=O) groups is 1. The highest BCUT2D eigenvalue weighted by atomic mass is 16.1. The highest BCUT2D eigenvalue weighted by molar-refractivity contribution is 5.73. The minimum absolute atomic E-state index is 0.0497. The standard InChI is InChI=1S/C8H11NO/c1-7(10)9-8-5-3-2-4-6-8/h8H,3,5-6H2,1H3,(H,9,10). The molecule has 1 N–H and O–H groups in total. The van der Waals surface area contributed by atoms with Crippen LogP contribution >= 0.6 is 0 Å². The lowest BCUT2D eigenvalue weighted by Crippen LogP contribution is -2.33. The summed E-state index contributed by atoms with van der Waals surface area (Å²) in [4.78, 5) is 10.6. The van der Waals surface area contributed by atoms with E-state index in [1.807, 2.05) is 0 Å². The molecule has 1 aliphatic carbocycles. The van der Waals surface area contributed by atoms with Crippen molar-refractivity contribution in [3.8, 4) is 11.8 Å². The third-order valence-corrected chi connectivity index (χ3v) is 1.50. The zero-order valence-electron chi connectivity index (χ0n) is 6.11. The Balaban J connectivity index is 2.31. The number of carbonyl (C=O) groups excluding carboxylic acids is 1. The van der Waals surface area contributed by atoms with Gasteiger partial charge in [-0.15, -0.1) is 11.8 Å². The van der Waals surface area contributed by atoms with Gasteiger partial charge in [0.25, 0.3) is 0 Å². The van der Waals surface area contributed by atoms with Crippen LogP contribution in [0.1, 0.15) is 26.2 Å². The van der Waals surface area contributed by atoms with E-state index in [0.717, 1.165) is 19.3 Å². The molecule has 0 aromatic rings. The summed E-state index contributed by atoms with van der Waals surface area (Å²) >= 11 is 0. The van der Waals surface area contributed by atoms with E-state index in [9.17, 15) is 4.79 Å². The maximum Gasteiger partial charge on any atom is 0.217 e. The number of hydrogen-bond acceptors (Lipinski definition) is 1. The number of rotatable bonds is 1. The number of hydrogen-bond donors (Lipinski definition) is 1. The molecule has 1 rings (SSSR count). The number of amides is 1. The molecule has 1 aliphatic rings. The molecule has 0 aromatic heterocycles. The SMILES string of the molecule is CC(=O)NC1CC#CCC1. The van der Waals surface area contributed by atoms with Crippen LogP contribution < -0.4 is 5.32 Å². The Morgan fingerprint density at radius 3 is 2.90 bits per heavy atom. The van der Waals surface area contributed by atoms with Crippen molar-refractivity contribution >= 4 is 5.91 Å². The molecule has 0 saturated carbocycles. The average molecular weight is 137 g/mol. The fraction of sp³-hybridized carbons (Fsp3) is 0.625. The van der Waals surface area contributed by atoms with Gasteiger partial charge in [-0.05, 0) is 6.42 Å². The van der Waals surface area contributed by atoms with Gasteiger partial charge in [0.1, 0.15) is 0 Å². The van der Waals surface area contributed by atoms with Crippen molar-refractivity contribution in [3.63, 3.8) is 0 Å². The first-order valence-corrected chi connectivity index (χ1v) is 3.52. The molecule has 0 spiro atoms. The smallest absolute Gasteiger partial charge is 0.217 e. The third-order valence-electron chi connectivity index (χ3n) is 1.50. The molecule has 2 nitrogen and oxygen atoms in total. The van der Waals surface area contributed by atoms with Gasteiger partial charge in [-0.1, -0.05) is 0 Å². The van der Waals surface area contributed by atoms with Crippen molar-refractivity contribution in [2.24, 2.45) is 0 Å². The lowest BCUT2D eigenvalue weighted by molar-refractivity contribution is -0.119. The van der Waals surface area contributed by atoms with Crippen LogP contribution in [0.25, 0.3) is 0 Å². The summed E-state index contributed by atoms with van der Waals surface area (Å²) in [6.07, 6.45) is 2.75. The highest BCUT2D eigenvalue weighted by Gasteiger charge is 2.09. The Bertz CT molecular complexity index is 187. The molecule has 0 heterocycles. The number of nitrogens with one attached hydrogen (secondary N) is 1. The van der Waals surface area contributed by atoms with Crippen LogP contribution in [-0.4, -0.2) is 11.9 Å². The highest BCUT2D eigenvalue weighted by Crippen LogP contribution is 2.04. The Hall–Kier alpha value is -0.970. The van der Waals surface area contributed by atoms with Crippen molar-refractivity contribution in [1.29, 1.82) is 0 Å². The second kappa shape index (κ2) is 3.26. The van der Waals surface area contributed by atoms with E-state index in [-0.39, 0.29) is 5.91 Å². The Morgan fingerprint density at radius 1 is 1.60 bits per heavy atom. The van der Waals surface area contributed by atoms with Gasteiger partial charge in [-0.3, -0.25) is 4.79 Å². The molecule has 54 valence electrons. The summed E-state index contributed by atoms with van der Waals surface area (Å²) in [6.45, 7) is 1.54. The van der Waals surface area contributed by atoms with E-state index in [1.54, 1.807) is 6.92 Å². The van der Waals surface area contributed by atoms with Crippen LogP contribution in [0, 0.1) is 11.8 Å². The monoisotopic (exact) mass is 137 g/mol. The maximum atomic E-state index is 10.6. The summed E-state index contributed by atoms with van der Waals surface area (Å²) < 4.78 is 0. The average Bonchev–Trinajstić information content (AvgIpc) is 1.88. The van der Waals surface area contributed by atoms with E-state index in [2.05, 4.69) is 17.2 Å². The van der Waals surface area contributed by atoms with E-state index in [4.69, 9.17) is 0 Å². The molecule has 0 aromatic carbocycles. The molecule has 0 radical (unpaired) electrons. The third kappa shape index (κ3) is 2.10. The Labute approximate surface area is 61.0 Å². The van der Waals surface area contributed by atoms with Gasteiger partial charge in [0.15, 0.2) is 0 Å². The predicted molar refractivity (Wildman–Crippen MR) is 39.2 cm³/mol. The van der Waals surface area contributed by atoms with Crippen LogP contribution in [0.3, 0.4) is 0 Å². The molecule has 1 atom stereocenters. The lowest BCUT2D eigenvalue weighted by atomic mass is 10.0. The van der Waals surface area contributed by atoms with Crippen molar-refractivity contribution in [2.75, 3.05) is 0 Å². The molecule has 0 bridgehead atoms. The summed E-state index contributed by atoms with van der Waals surface area (Å²) in [5.74, 6) is 6.01. The topological polar surface area (TPSA) is 29.1 Å². The summed E-state index contributed by atoms with van der Waals surface area (Å²) in [5.41, 5.74) is 0. The molecular weight excluding hydrogens is 126 g/mol. The predicted octanol–water partition coefficient (Wildman–Crippen LogP) is 0.678. The minimum Gasteiger partial charge on any atom is -0.353 e. The molecule has 1 amide bonds. The van der Waals surface area contributed by atoms with Crippen molar-refractivity contribution in [2.45, 2.75) is 32.2 Å². The quantitative estimate of drug-likeness (QED) is 0.529. The molecule has 1 unspecified atom stereocenters. The van der Waals surface area contributed by atoms with Gasteiger partial charge in [0.05, 0.1) is 0 Å². The zero-order chi connectivity index (χ0) is 7.40. The fourth-order valence-electron chi connectivity index (χ4n) is 1.04. The second-order valence-corrected chi connectivity index (χ2v) is 2.49. The molecule has 10 heavy (non-hydrogen) atoms. The lowest BCUT2D eigenvalue weighted by Gasteiger charge is -2.15. The van der Waals surface area contributed by atoms with Gasteiger partial charge in [-0.25, -0.2) is 0 Å². The van der Waals surface area contributed by atoms with E-state index in [0.29, 0.717) is 6.04 Å². The maximum absolute atomic E-state index is 10.6. The first kappa shape index (κ1) is 7.14. The molecule has 0 saturated heterocycles. The van der Waals surface area contributed by atoms with Crippen LogP contribution in [0.4, 0.5) is 0 Å². The normalized spacial score (nSPS) is 22.7. The van der Waals surface area contributed by atoms with Crippen LogP contribution in [0.2, 0.25) is 0 Å². The van der Waals surface area contributed by atoms with Crippen molar-refractivity contribution in [1.82, 2.24) is 5.32 Å². The Kier molecular flexibility index (Phi) is 2.33. The van der Waals surface area contributed by atoms with E-state index >= 15 is 0 Å². The van der Waals surface area contributed by atoms with Crippen molar-refractivity contribution < 1.29 is 4.79 Å². The van der Waals surface area contributed by atoms with E-state index < -0.39 is 0 Å². The van der Waals surface area contributed by atoms with Gasteiger partial charge in [0.2, 0.25) is 5.91 Å². The zero-order valence-corrected chi connectivity index (χ0v) is 6.11. The molecule has 0 fully saturated rings. The molecule has 2 heteroatoms. The summed E-state index contributed by atoms with van der Waals surface area (Å²) in [6, 6.07) is 0.304. The fourth-order valence-corrected chi connectivity index (χ4v) is 1.04. The van der Waals surface area contributed by atoms with Crippen LogP contribution in [0.5, 0.6) is 0 Å². The largest absolute Gasteiger partial charge is 0.353 e. The molecule has 0 aliphatic heterocycles. The van der Waals surface area contributed by atoms with Gasteiger partial charge in [-0.2, -0.15) is 0 Å². The van der Waals surface area contributed by atoms with Crippen LogP contribution in [-0.2, 0) is 4.79 Å². The van der Waals surface area contributed by atoms with Gasteiger partial charge in [0, 0.05) is 25.8 Å².